The van der Waals surface area contributed by atoms with Gasteiger partial charge in [-0.2, -0.15) is 0 Å². The van der Waals surface area contributed by atoms with Gasteiger partial charge in [0.25, 0.3) is 0 Å². The normalized spacial score (nSPS) is 25.2. The van der Waals surface area contributed by atoms with E-state index >= 15 is 0 Å². The molecule has 0 aromatic carbocycles. The van der Waals surface area contributed by atoms with Gasteiger partial charge in [0.15, 0.2) is 6.29 Å². The molecule has 16 heavy (non-hydrogen) atoms. The van der Waals surface area contributed by atoms with Crippen LogP contribution in [0, 0.1) is 5.92 Å². The van der Waals surface area contributed by atoms with Gasteiger partial charge in [0.05, 0.1) is 12.7 Å². The van der Waals surface area contributed by atoms with Crippen LogP contribution in [0.5, 0.6) is 0 Å². The molecule has 2 atom stereocenters. The molecule has 0 radical (unpaired) electrons. The largest absolute Gasteiger partial charge is 0.469 e. The van der Waals surface area contributed by atoms with E-state index in [9.17, 15) is 4.79 Å². The lowest BCUT2D eigenvalue weighted by molar-refractivity contribution is -0.146. The molecule has 0 N–H and O–H groups in total. The first-order valence-corrected chi connectivity index (χ1v) is 5.71. The van der Waals surface area contributed by atoms with Crippen molar-refractivity contribution in [3.63, 3.8) is 0 Å². The lowest BCUT2D eigenvalue weighted by Gasteiger charge is -2.31. The molecule has 4 heteroatoms. The van der Waals surface area contributed by atoms with E-state index in [1.807, 2.05) is 6.92 Å². The molecule has 1 aliphatic rings. The predicted molar refractivity (Wildman–Crippen MR) is 59.6 cm³/mol. The van der Waals surface area contributed by atoms with Crippen molar-refractivity contribution >= 4 is 5.97 Å². The number of allylic oxidation sites excluding steroid dienone is 1. The highest BCUT2D eigenvalue weighted by Gasteiger charge is 2.32. The second-order valence-corrected chi connectivity index (χ2v) is 3.81. The SMILES string of the molecule is CCO[C@H]1C[C@@H](CC)C(C(=O)OC)=C(C)O1. The molecule has 0 aromatic heterocycles. The molecule has 0 aliphatic carbocycles. The van der Waals surface area contributed by atoms with Crippen molar-refractivity contribution in [1.29, 1.82) is 0 Å². The van der Waals surface area contributed by atoms with Gasteiger partial charge >= 0.3 is 5.97 Å². The molecule has 1 heterocycles. The maximum absolute atomic E-state index is 11.6. The van der Waals surface area contributed by atoms with Crippen molar-refractivity contribution in [2.24, 2.45) is 5.92 Å². The summed E-state index contributed by atoms with van der Waals surface area (Å²) in [7, 11) is 1.39. The van der Waals surface area contributed by atoms with Crippen LogP contribution in [0.3, 0.4) is 0 Å². The summed E-state index contributed by atoms with van der Waals surface area (Å²) in [5.74, 6) is 0.500. The molecule has 4 nitrogen and oxygen atoms in total. The summed E-state index contributed by atoms with van der Waals surface area (Å²) >= 11 is 0. The molecule has 0 saturated heterocycles. The summed E-state index contributed by atoms with van der Waals surface area (Å²) in [6.45, 7) is 6.39. The fraction of sp³-hybridized carbons (Fsp3) is 0.750. The molecule has 1 rings (SSSR count). The van der Waals surface area contributed by atoms with E-state index in [2.05, 4.69) is 6.92 Å². The first kappa shape index (κ1) is 13.0. The van der Waals surface area contributed by atoms with Gasteiger partial charge < -0.3 is 14.2 Å². The van der Waals surface area contributed by atoms with E-state index in [1.54, 1.807) is 6.92 Å². The van der Waals surface area contributed by atoms with Gasteiger partial charge in [-0.05, 0) is 20.3 Å². The quantitative estimate of drug-likeness (QED) is 0.692. The monoisotopic (exact) mass is 228 g/mol. The summed E-state index contributed by atoms with van der Waals surface area (Å²) in [6.07, 6.45) is 1.37. The highest BCUT2D eigenvalue weighted by molar-refractivity contribution is 5.89. The fourth-order valence-corrected chi connectivity index (χ4v) is 2.03. The van der Waals surface area contributed by atoms with Crippen LogP contribution in [0.25, 0.3) is 0 Å². The van der Waals surface area contributed by atoms with Crippen molar-refractivity contribution in [1.82, 2.24) is 0 Å². The zero-order valence-electron chi connectivity index (χ0n) is 10.4. The molecule has 92 valence electrons. The third kappa shape index (κ3) is 2.76. The van der Waals surface area contributed by atoms with E-state index in [1.165, 1.54) is 7.11 Å². The standard InChI is InChI=1S/C12H20O4/c1-5-9-7-10(15-6-2)16-8(3)11(9)12(13)14-4/h9-10H,5-7H2,1-4H3/t9-,10-/m1/s1. The number of esters is 1. The molecule has 1 aliphatic heterocycles. The van der Waals surface area contributed by atoms with Gasteiger partial charge in [-0.1, -0.05) is 6.92 Å². The van der Waals surface area contributed by atoms with E-state index in [0.717, 1.165) is 6.42 Å². The van der Waals surface area contributed by atoms with Gasteiger partial charge in [-0.15, -0.1) is 0 Å². The number of hydrogen-bond donors (Lipinski definition) is 0. The Morgan fingerprint density at radius 1 is 1.50 bits per heavy atom. The number of hydrogen-bond acceptors (Lipinski definition) is 4. The molecule has 0 spiro atoms. The molecule has 0 saturated carbocycles. The van der Waals surface area contributed by atoms with Gasteiger partial charge in [0.1, 0.15) is 5.76 Å². The highest BCUT2D eigenvalue weighted by Crippen LogP contribution is 2.32. The van der Waals surface area contributed by atoms with Gasteiger partial charge in [0, 0.05) is 18.9 Å². The molecule has 0 bridgehead atoms. The van der Waals surface area contributed by atoms with Crippen molar-refractivity contribution in [3.05, 3.63) is 11.3 Å². The Bertz CT molecular complexity index is 283. The summed E-state index contributed by atoms with van der Waals surface area (Å²) in [4.78, 5) is 11.6. The fourth-order valence-electron chi connectivity index (χ4n) is 2.03. The maximum atomic E-state index is 11.6. The summed E-state index contributed by atoms with van der Waals surface area (Å²) in [5, 5.41) is 0. The Balaban J connectivity index is 2.86. The van der Waals surface area contributed by atoms with Crippen LogP contribution < -0.4 is 0 Å². The minimum atomic E-state index is -0.292. The van der Waals surface area contributed by atoms with E-state index < -0.39 is 0 Å². The second-order valence-electron chi connectivity index (χ2n) is 3.81. The minimum absolute atomic E-state index is 0.165. The smallest absolute Gasteiger partial charge is 0.337 e. The Kier molecular flexibility index (Phi) is 4.80. The van der Waals surface area contributed by atoms with Crippen molar-refractivity contribution in [2.75, 3.05) is 13.7 Å². The topological polar surface area (TPSA) is 44.8 Å². The zero-order chi connectivity index (χ0) is 12.1. The first-order valence-electron chi connectivity index (χ1n) is 5.71. The summed E-state index contributed by atoms with van der Waals surface area (Å²) in [6, 6.07) is 0. The third-order valence-corrected chi connectivity index (χ3v) is 2.82. The van der Waals surface area contributed by atoms with E-state index in [4.69, 9.17) is 14.2 Å². The molecule has 0 aromatic rings. The van der Waals surface area contributed by atoms with Crippen molar-refractivity contribution in [2.45, 2.75) is 39.9 Å². The zero-order valence-corrected chi connectivity index (χ0v) is 10.4. The average Bonchev–Trinajstić information content (AvgIpc) is 2.27. The first-order chi connectivity index (χ1) is 7.63. The van der Waals surface area contributed by atoms with Crippen LogP contribution in [0.1, 0.15) is 33.6 Å². The molecule has 0 unspecified atom stereocenters. The Hall–Kier alpha value is -1.03. The van der Waals surface area contributed by atoms with Crippen molar-refractivity contribution in [3.8, 4) is 0 Å². The predicted octanol–water partition coefficient (Wildman–Crippen LogP) is 2.24. The summed E-state index contributed by atoms with van der Waals surface area (Å²) < 4.78 is 15.8. The van der Waals surface area contributed by atoms with Crippen molar-refractivity contribution < 1.29 is 19.0 Å². The van der Waals surface area contributed by atoms with Crippen LogP contribution in [0.15, 0.2) is 11.3 Å². The van der Waals surface area contributed by atoms with Crippen LogP contribution >= 0.6 is 0 Å². The van der Waals surface area contributed by atoms with E-state index in [0.29, 0.717) is 24.4 Å². The lowest BCUT2D eigenvalue weighted by Crippen LogP contribution is -2.30. The maximum Gasteiger partial charge on any atom is 0.337 e. The number of ether oxygens (including phenoxy) is 3. The average molecular weight is 228 g/mol. The highest BCUT2D eigenvalue weighted by atomic mass is 16.7. The van der Waals surface area contributed by atoms with Crippen LogP contribution in [-0.4, -0.2) is 26.0 Å². The Labute approximate surface area is 96.6 Å². The summed E-state index contributed by atoms with van der Waals surface area (Å²) in [5.41, 5.74) is 0.654. The molecule has 0 fully saturated rings. The lowest BCUT2D eigenvalue weighted by atomic mass is 9.90. The molecular formula is C12H20O4. The van der Waals surface area contributed by atoms with Gasteiger partial charge in [0.2, 0.25) is 0 Å². The van der Waals surface area contributed by atoms with Gasteiger partial charge in [-0.3, -0.25) is 0 Å². The van der Waals surface area contributed by atoms with Gasteiger partial charge in [-0.25, -0.2) is 4.79 Å². The van der Waals surface area contributed by atoms with Crippen LogP contribution in [0.2, 0.25) is 0 Å². The van der Waals surface area contributed by atoms with Crippen LogP contribution in [-0.2, 0) is 19.0 Å². The third-order valence-electron chi connectivity index (χ3n) is 2.82. The van der Waals surface area contributed by atoms with E-state index in [-0.39, 0.29) is 18.2 Å². The number of methoxy groups -OCH3 is 1. The minimum Gasteiger partial charge on any atom is -0.469 e. The molecular weight excluding hydrogens is 208 g/mol. The number of carbonyl (C=O) groups is 1. The Morgan fingerprint density at radius 3 is 2.69 bits per heavy atom. The second kappa shape index (κ2) is 5.89. The molecule has 0 amide bonds. The van der Waals surface area contributed by atoms with Crippen LogP contribution in [0.4, 0.5) is 0 Å². The number of carbonyl (C=O) groups excluding carboxylic acids is 1. The number of rotatable bonds is 4. The Morgan fingerprint density at radius 2 is 2.19 bits per heavy atom.